The normalized spacial score (nSPS) is 14.1. The molecule has 2 atom stereocenters. The van der Waals surface area contributed by atoms with Gasteiger partial charge in [0.1, 0.15) is 5.82 Å². The van der Waals surface area contributed by atoms with Gasteiger partial charge >= 0.3 is 0 Å². The van der Waals surface area contributed by atoms with Crippen molar-refractivity contribution in [3.8, 4) is 0 Å². The maximum atomic E-state index is 13.0. The van der Waals surface area contributed by atoms with Crippen molar-refractivity contribution in [1.82, 2.24) is 0 Å². The van der Waals surface area contributed by atoms with E-state index in [4.69, 9.17) is 17.3 Å². The van der Waals surface area contributed by atoms with Gasteiger partial charge in [-0.1, -0.05) is 35.9 Å². The van der Waals surface area contributed by atoms with Crippen LogP contribution in [-0.4, -0.2) is 17.8 Å². The summed E-state index contributed by atoms with van der Waals surface area (Å²) in [6, 6.07) is 13.3. The van der Waals surface area contributed by atoms with Gasteiger partial charge < -0.3 is 10.8 Å². The van der Waals surface area contributed by atoms with Gasteiger partial charge in [0, 0.05) is 17.5 Å². The molecule has 0 aliphatic carbocycles. The van der Waals surface area contributed by atoms with Gasteiger partial charge in [-0.2, -0.15) is 0 Å². The van der Waals surface area contributed by atoms with Crippen LogP contribution < -0.4 is 5.73 Å². The second-order valence-electron chi connectivity index (χ2n) is 4.38. The van der Waals surface area contributed by atoms with Gasteiger partial charge in [-0.05, 0) is 35.4 Å². The molecule has 0 bridgehead atoms. The van der Waals surface area contributed by atoms with E-state index in [1.54, 1.807) is 24.3 Å². The zero-order valence-corrected chi connectivity index (χ0v) is 11.0. The first-order valence-corrected chi connectivity index (χ1v) is 6.38. The highest BCUT2D eigenvalue weighted by molar-refractivity contribution is 6.30. The van der Waals surface area contributed by atoms with E-state index in [0.717, 1.165) is 11.1 Å². The number of hydrogen-bond acceptors (Lipinski definition) is 2. The molecular formula is C15H15ClFNO. The van der Waals surface area contributed by atoms with E-state index < -0.39 is 6.10 Å². The smallest absolute Gasteiger partial charge is 0.123 e. The van der Waals surface area contributed by atoms with Crippen molar-refractivity contribution in [3.63, 3.8) is 0 Å². The highest BCUT2D eigenvalue weighted by Crippen LogP contribution is 2.29. The van der Waals surface area contributed by atoms with Crippen molar-refractivity contribution in [2.24, 2.45) is 5.73 Å². The molecule has 2 unspecified atom stereocenters. The van der Waals surface area contributed by atoms with Crippen LogP contribution in [0.15, 0.2) is 48.5 Å². The number of nitrogens with two attached hydrogens (primary N) is 1. The topological polar surface area (TPSA) is 46.2 Å². The lowest BCUT2D eigenvalue weighted by Crippen LogP contribution is -2.28. The molecular weight excluding hydrogens is 265 g/mol. The molecule has 2 nitrogen and oxygen atoms in total. The van der Waals surface area contributed by atoms with Crippen LogP contribution in [-0.2, 0) is 0 Å². The van der Waals surface area contributed by atoms with Crippen molar-refractivity contribution in [2.45, 2.75) is 12.0 Å². The summed E-state index contributed by atoms with van der Waals surface area (Å²) in [5.74, 6) is -0.594. The van der Waals surface area contributed by atoms with Crippen molar-refractivity contribution >= 4 is 11.6 Å². The Morgan fingerprint density at radius 1 is 1.00 bits per heavy atom. The van der Waals surface area contributed by atoms with Gasteiger partial charge in [-0.15, -0.1) is 0 Å². The standard InChI is InChI=1S/C15H15ClFNO/c16-12-5-1-10(2-6-12)15(14(19)9-18)11-3-7-13(17)8-4-11/h1-8,14-15,19H,9,18H2. The molecule has 0 spiro atoms. The van der Waals surface area contributed by atoms with Crippen molar-refractivity contribution < 1.29 is 9.50 Å². The van der Waals surface area contributed by atoms with E-state index in [2.05, 4.69) is 0 Å². The summed E-state index contributed by atoms with van der Waals surface area (Å²) >= 11 is 5.86. The fourth-order valence-corrected chi connectivity index (χ4v) is 2.24. The van der Waals surface area contributed by atoms with E-state index in [1.807, 2.05) is 12.1 Å². The molecule has 0 heterocycles. The van der Waals surface area contributed by atoms with Gasteiger partial charge in [-0.25, -0.2) is 4.39 Å². The molecule has 0 amide bonds. The molecule has 2 aromatic rings. The summed E-state index contributed by atoms with van der Waals surface area (Å²) in [6.07, 6.45) is -0.730. The Bertz CT molecular complexity index is 481. The Balaban J connectivity index is 2.41. The fraction of sp³-hybridized carbons (Fsp3) is 0.200. The van der Waals surface area contributed by atoms with E-state index in [0.29, 0.717) is 5.02 Å². The summed E-state index contributed by atoms with van der Waals surface area (Å²) < 4.78 is 13.0. The molecule has 4 heteroatoms. The minimum atomic E-state index is -0.730. The van der Waals surface area contributed by atoms with Crippen LogP contribution in [0.1, 0.15) is 17.0 Å². The van der Waals surface area contributed by atoms with Crippen LogP contribution in [0, 0.1) is 5.82 Å². The van der Waals surface area contributed by atoms with Gasteiger partial charge in [0.2, 0.25) is 0 Å². The predicted molar refractivity (Wildman–Crippen MR) is 74.8 cm³/mol. The minimum absolute atomic E-state index is 0.130. The Morgan fingerprint density at radius 2 is 1.47 bits per heavy atom. The third-order valence-electron chi connectivity index (χ3n) is 3.08. The predicted octanol–water partition coefficient (Wildman–Crippen LogP) is 2.93. The number of aliphatic hydroxyl groups excluding tert-OH is 1. The second kappa shape index (κ2) is 6.15. The lowest BCUT2D eigenvalue weighted by Gasteiger charge is -2.23. The van der Waals surface area contributed by atoms with Crippen LogP contribution in [0.25, 0.3) is 0 Å². The molecule has 0 fully saturated rings. The summed E-state index contributed by atoms with van der Waals surface area (Å²) in [6.45, 7) is 0.130. The van der Waals surface area contributed by atoms with Crippen LogP contribution in [0.5, 0.6) is 0 Å². The number of hydrogen-bond donors (Lipinski definition) is 2. The zero-order chi connectivity index (χ0) is 13.8. The average molecular weight is 280 g/mol. The summed E-state index contributed by atoms with van der Waals surface area (Å²) in [5, 5.41) is 10.7. The molecule has 3 N–H and O–H groups in total. The van der Waals surface area contributed by atoms with Crippen LogP contribution in [0.4, 0.5) is 4.39 Å². The molecule has 0 aliphatic rings. The number of aliphatic hydroxyl groups is 1. The van der Waals surface area contributed by atoms with Gasteiger partial charge in [-0.3, -0.25) is 0 Å². The molecule has 0 saturated heterocycles. The molecule has 0 saturated carbocycles. The monoisotopic (exact) mass is 279 g/mol. The Labute approximate surface area is 116 Å². The summed E-state index contributed by atoms with van der Waals surface area (Å²) in [7, 11) is 0. The minimum Gasteiger partial charge on any atom is -0.391 e. The lowest BCUT2D eigenvalue weighted by molar-refractivity contribution is 0.164. The highest BCUT2D eigenvalue weighted by Gasteiger charge is 2.22. The molecule has 2 aromatic carbocycles. The highest BCUT2D eigenvalue weighted by atomic mass is 35.5. The molecule has 2 rings (SSSR count). The fourth-order valence-electron chi connectivity index (χ4n) is 2.11. The first kappa shape index (κ1) is 14.0. The second-order valence-corrected chi connectivity index (χ2v) is 4.82. The van der Waals surface area contributed by atoms with Crippen molar-refractivity contribution in [1.29, 1.82) is 0 Å². The van der Waals surface area contributed by atoms with Gasteiger partial charge in [0.15, 0.2) is 0 Å². The van der Waals surface area contributed by atoms with Crippen LogP contribution in [0.2, 0.25) is 5.02 Å². The van der Waals surface area contributed by atoms with Crippen LogP contribution in [0.3, 0.4) is 0 Å². The zero-order valence-electron chi connectivity index (χ0n) is 10.3. The number of benzene rings is 2. The third-order valence-corrected chi connectivity index (χ3v) is 3.34. The van der Waals surface area contributed by atoms with Crippen molar-refractivity contribution in [3.05, 3.63) is 70.5 Å². The Kier molecular flexibility index (Phi) is 4.53. The summed E-state index contributed by atoms with van der Waals surface area (Å²) in [5.41, 5.74) is 7.28. The SMILES string of the molecule is NCC(O)C(c1ccc(F)cc1)c1ccc(Cl)cc1. The van der Waals surface area contributed by atoms with E-state index in [-0.39, 0.29) is 18.3 Å². The molecule has 0 aliphatic heterocycles. The van der Waals surface area contributed by atoms with E-state index >= 15 is 0 Å². The lowest BCUT2D eigenvalue weighted by atomic mass is 9.86. The maximum absolute atomic E-state index is 13.0. The number of halogens is 2. The van der Waals surface area contributed by atoms with E-state index in [1.165, 1.54) is 12.1 Å². The molecule has 100 valence electrons. The first-order valence-electron chi connectivity index (χ1n) is 6.01. The molecule has 19 heavy (non-hydrogen) atoms. The first-order chi connectivity index (χ1) is 9.11. The van der Waals surface area contributed by atoms with Crippen LogP contribution >= 0.6 is 11.6 Å². The van der Waals surface area contributed by atoms with Crippen molar-refractivity contribution in [2.75, 3.05) is 6.54 Å². The largest absolute Gasteiger partial charge is 0.391 e. The van der Waals surface area contributed by atoms with E-state index in [9.17, 15) is 9.50 Å². The van der Waals surface area contributed by atoms with Gasteiger partial charge in [0.05, 0.1) is 6.10 Å². The number of rotatable bonds is 4. The maximum Gasteiger partial charge on any atom is 0.123 e. The Morgan fingerprint density at radius 3 is 1.95 bits per heavy atom. The molecule has 0 radical (unpaired) electrons. The average Bonchev–Trinajstić information content (AvgIpc) is 2.43. The molecule has 0 aromatic heterocycles. The van der Waals surface area contributed by atoms with Gasteiger partial charge in [0.25, 0.3) is 0 Å². The quantitative estimate of drug-likeness (QED) is 0.904. The third kappa shape index (κ3) is 3.32. The summed E-state index contributed by atoms with van der Waals surface area (Å²) in [4.78, 5) is 0. The Hall–Kier alpha value is -1.42.